The highest BCUT2D eigenvalue weighted by molar-refractivity contribution is 6.02. The van der Waals surface area contributed by atoms with Gasteiger partial charge in [-0.1, -0.05) is 6.07 Å². The van der Waals surface area contributed by atoms with E-state index in [-0.39, 0.29) is 24.7 Å². The summed E-state index contributed by atoms with van der Waals surface area (Å²) >= 11 is 0. The Balaban J connectivity index is 2.45. The molecular weight excluding hydrogens is 282 g/mol. The van der Waals surface area contributed by atoms with E-state index in [0.717, 1.165) is 11.3 Å². The molecule has 116 valence electrons. The van der Waals surface area contributed by atoms with Crippen molar-refractivity contribution in [1.29, 1.82) is 0 Å². The fourth-order valence-electron chi connectivity index (χ4n) is 2.09. The number of hydrogen-bond acceptors (Lipinski definition) is 5. The Kier molecular flexibility index (Phi) is 5.32. The van der Waals surface area contributed by atoms with E-state index < -0.39 is 0 Å². The van der Waals surface area contributed by atoms with Crippen molar-refractivity contribution in [3.8, 4) is 17.0 Å². The van der Waals surface area contributed by atoms with Crippen molar-refractivity contribution < 1.29 is 14.6 Å². The Labute approximate surface area is 128 Å². The number of nitrogen functional groups attached to an aromatic ring is 1. The Morgan fingerprint density at radius 1 is 1.36 bits per heavy atom. The number of aliphatic hydroxyl groups excluding tert-OH is 1. The molecule has 1 amide bonds. The van der Waals surface area contributed by atoms with Gasteiger partial charge in [0.15, 0.2) is 5.75 Å². The van der Waals surface area contributed by atoms with Crippen LogP contribution >= 0.6 is 0 Å². The molecular formula is C16H19N3O3. The molecule has 0 atom stereocenters. The average Bonchev–Trinajstić information content (AvgIpc) is 2.55. The Bertz CT molecular complexity index is 645. The molecule has 0 bridgehead atoms. The number of nitrogens with two attached hydrogens (primary N) is 1. The molecule has 6 heteroatoms. The number of aromatic nitrogens is 1. The van der Waals surface area contributed by atoms with Crippen LogP contribution in [0.3, 0.4) is 0 Å². The van der Waals surface area contributed by atoms with E-state index in [9.17, 15) is 4.79 Å². The van der Waals surface area contributed by atoms with Crippen molar-refractivity contribution >= 4 is 11.6 Å². The topological polar surface area (TPSA) is 97.5 Å². The normalized spacial score (nSPS) is 10.3. The summed E-state index contributed by atoms with van der Waals surface area (Å²) < 4.78 is 5.62. The van der Waals surface area contributed by atoms with E-state index in [1.54, 1.807) is 18.3 Å². The zero-order valence-corrected chi connectivity index (χ0v) is 12.4. The number of rotatable bonds is 6. The Morgan fingerprint density at radius 3 is 2.82 bits per heavy atom. The predicted molar refractivity (Wildman–Crippen MR) is 84.7 cm³/mol. The highest BCUT2D eigenvalue weighted by atomic mass is 16.5. The lowest BCUT2D eigenvalue weighted by Crippen LogP contribution is -2.27. The van der Waals surface area contributed by atoms with E-state index in [1.165, 1.54) is 0 Å². The van der Waals surface area contributed by atoms with Crippen LogP contribution in [0.2, 0.25) is 0 Å². The first kappa shape index (κ1) is 15.8. The smallest absolute Gasteiger partial charge is 0.253 e. The molecule has 2 rings (SSSR count). The summed E-state index contributed by atoms with van der Waals surface area (Å²) in [4.78, 5) is 16.3. The summed E-state index contributed by atoms with van der Waals surface area (Å²) in [6, 6.07) is 8.94. The molecule has 0 aliphatic heterocycles. The first-order valence-electron chi connectivity index (χ1n) is 7.04. The quantitative estimate of drug-likeness (QED) is 0.702. The summed E-state index contributed by atoms with van der Waals surface area (Å²) in [5, 5.41) is 11.4. The van der Waals surface area contributed by atoms with Gasteiger partial charge in [-0.3, -0.25) is 9.78 Å². The number of amides is 1. The number of ether oxygens (including phenoxy) is 1. The maximum atomic E-state index is 12.1. The molecule has 22 heavy (non-hydrogen) atoms. The zero-order chi connectivity index (χ0) is 15.9. The lowest BCUT2D eigenvalue weighted by atomic mass is 10.0. The summed E-state index contributed by atoms with van der Waals surface area (Å²) in [5.41, 5.74) is 8.14. The van der Waals surface area contributed by atoms with Crippen molar-refractivity contribution in [2.24, 2.45) is 0 Å². The van der Waals surface area contributed by atoms with Gasteiger partial charge in [0, 0.05) is 18.3 Å². The number of anilines is 1. The van der Waals surface area contributed by atoms with Crippen LogP contribution in [-0.2, 0) is 0 Å². The molecule has 0 unspecified atom stereocenters. The second kappa shape index (κ2) is 7.42. The largest absolute Gasteiger partial charge is 0.491 e. The minimum atomic E-state index is -0.347. The standard InChI is InChI=1S/C16H19N3O3/c1-2-22-15-11(13-5-3-4-8-18-13)6-7-12(14(15)17)16(21)19-9-10-20/h3-8,20H,2,9-10,17H2,1H3,(H,19,21). The average molecular weight is 301 g/mol. The molecule has 0 saturated heterocycles. The number of aliphatic hydroxyl groups is 1. The Morgan fingerprint density at radius 2 is 2.18 bits per heavy atom. The van der Waals surface area contributed by atoms with E-state index in [2.05, 4.69) is 10.3 Å². The molecule has 0 aliphatic carbocycles. The van der Waals surface area contributed by atoms with Crippen LogP contribution in [0.15, 0.2) is 36.5 Å². The molecule has 1 heterocycles. The maximum Gasteiger partial charge on any atom is 0.253 e. The van der Waals surface area contributed by atoms with Crippen LogP contribution in [0, 0.1) is 0 Å². The Hall–Kier alpha value is -2.60. The lowest BCUT2D eigenvalue weighted by molar-refractivity contribution is 0.0945. The molecule has 0 fully saturated rings. The van der Waals surface area contributed by atoms with Crippen LogP contribution in [0.5, 0.6) is 5.75 Å². The number of carbonyl (C=O) groups is 1. The third kappa shape index (κ3) is 3.35. The molecule has 1 aromatic heterocycles. The highest BCUT2D eigenvalue weighted by Crippen LogP contribution is 2.36. The van der Waals surface area contributed by atoms with Crippen LogP contribution in [0.1, 0.15) is 17.3 Å². The lowest BCUT2D eigenvalue weighted by Gasteiger charge is -2.15. The molecule has 0 aliphatic rings. The van der Waals surface area contributed by atoms with Crippen molar-refractivity contribution in [1.82, 2.24) is 10.3 Å². The number of carbonyl (C=O) groups excluding carboxylic acids is 1. The minimum Gasteiger partial charge on any atom is -0.491 e. The van der Waals surface area contributed by atoms with Gasteiger partial charge >= 0.3 is 0 Å². The van der Waals surface area contributed by atoms with Crippen molar-refractivity contribution in [3.63, 3.8) is 0 Å². The van der Waals surface area contributed by atoms with E-state index in [0.29, 0.717) is 17.9 Å². The van der Waals surface area contributed by atoms with E-state index in [1.807, 2.05) is 25.1 Å². The van der Waals surface area contributed by atoms with Crippen LogP contribution in [-0.4, -0.2) is 35.8 Å². The van der Waals surface area contributed by atoms with Crippen LogP contribution in [0.25, 0.3) is 11.3 Å². The number of pyridine rings is 1. The van der Waals surface area contributed by atoms with Crippen LogP contribution < -0.4 is 15.8 Å². The molecule has 4 N–H and O–H groups in total. The third-order valence-electron chi connectivity index (χ3n) is 3.07. The highest BCUT2D eigenvalue weighted by Gasteiger charge is 2.18. The molecule has 0 spiro atoms. The van der Waals surface area contributed by atoms with Gasteiger partial charge in [0.1, 0.15) is 0 Å². The number of nitrogens with zero attached hydrogens (tertiary/aromatic N) is 1. The molecule has 1 aromatic carbocycles. The fourth-order valence-corrected chi connectivity index (χ4v) is 2.09. The zero-order valence-electron chi connectivity index (χ0n) is 12.4. The van der Waals surface area contributed by atoms with Gasteiger partial charge in [-0.05, 0) is 31.2 Å². The van der Waals surface area contributed by atoms with Crippen molar-refractivity contribution in [2.45, 2.75) is 6.92 Å². The van der Waals surface area contributed by atoms with Gasteiger partial charge in [-0.25, -0.2) is 0 Å². The summed E-state index contributed by atoms with van der Waals surface area (Å²) in [7, 11) is 0. The SMILES string of the molecule is CCOc1c(-c2ccccn2)ccc(C(=O)NCCO)c1N. The fraction of sp³-hybridized carbons (Fsp3) is 0.250. The summed E-state index contributed by atoms with van der Waals surface area (Å²) in [5.74, 6) is 0.0953. The summed E-state index contributed by atoms with van der Waals surface area (Å²) in [6.07, 6.45) is 1.68. The maximum absolute atomic E-state index is 12.1. The summed E-state index contributed by atoms with van der Waals surface area (Å²) in [6.45, 7) is 2.31. The molecule has 0 saturated carbocycles. The first-order chi connectivity index (χ1) is 10.7. The van der Waals surface area contributed by atoms with Crippen LogP contribution in [0.4, 0.5) is 5.69 Å². The minimum absolute atomic E-state index is 0.129. The van der Waals surface area contributed by atoms with Crippen molar-refractivity contribution in [3.05, 3.63) is 42.1 Å². The van der Waals surface area contributed by atoms with Gasteiger partial charge < -0.3 is 20.9 Å². The van der Waals surface area contributed by atoms with E-state index >= 15 is 0 Å². The molecule has 0 radical (unpaired) electrons. The van der Waals surface area contributed by atoms with Gasteiger partial charge in [0.05, 0.1) is 30.2 Å². The second-order valence-electron chi connectivity index (χ2n) is 4.53. The van der Waals surface area contributed by atoms with Gasteiger partial charge in [-0.2, -0.15) is 0 Å². The van der Waals surface area contributed by atoms with Gasteiger partial charge in [0.2, 0.25) is 0 Å². The number of hydrogen-bond donors (Lipinski definition) is 3. The number of benzene rings is 1. The molecule has 6 nitrogen and oxygen atoms in total. The van der Waals surface area contributed by atoms with Gasteiger partial charge in [-0.15, -0.1) is 0 Å². The predicted octanol–water partition coefficient (Wildman–Crippen LogP) is 1.45. The monoisotopic (exact) mass is 301 g/mol. The third-order valence-corrected chi connectivity index (χ3v) is 3.07. The van der Waals surface area contributed by atoms with Gasteiger partial charge in [0.25, 0.3) is 5.91 Å². The van der Waals surface area contributed by atoms with Crippen molar-refractivity contribution in [2.75, 3.05) is 25.5 Å². The second-order valence-corrected chi connectivity index (χ2v) is 4.53. The van der Waals surface area contributed by atoms with E-state index in [4.69, 9.17) is 15.6 Å². The molecule has 2 aromatic rings. The number of nitrogens with one attached hydrogen (secondary N) is 1. The first-order valence-corrected chi connectivity index (χ1v) is 7.04.